The monoisotopic (exact) mass is 177 g/mol. The van der Waals surface area contributed by atoms with Crippen molar-refractivity contribution in [1.82, 2.24) is 0 Å². The van der Waals surface area contributed by atoms with Gasteiger partial charge in [0.1, 0.15) is 0 Å². The van der Waals surface area contributed by atoms with Crippen molar-refractivity contribution in [3.63, 3.8) is 0 Å². The third-order valence-electron chi connectivity index (χ3n) is 2.59. The second-order valence-corrected chi connectivity index (χ2v) is 3.90. The Labute approximate surface area is 82.7 Å². The summed E-state index contributed by atoms with van der Waals surface area (Å²) in [7, 11) is 0. The predicted molar refractivity (Wildman–Crippen MR) is 58.4 cm³/mol. The highest BCUT2D eigenvalue weighted by Crippen LogP contribution is 2.23. The van der Waals surface area contributed by atoms with E-state index in [4.69, 9.17) is 0 Å². The van der Waals surface area contributed by atoms with Crippen molar-refractivity contribution in [2.24, 2.45) is 5.92 Å². The van der Waals surface area contributed by atoms with Crippen molar-refractivity contribution < 1.29 is 0 Å². The summed E-state index contributed by atoms with van der Waals surface area (Å²) in [5.41, 5.74) is 1.52. The quantitative estimate of drug-likeness (QED) is 0.568. The van der Waals surface area contributed by atoms with E-state index in [-0.39, 0.29) is 0 Å². The summed E-state index contributed by atoms with van der Waals surface area (Å²) in [6, 6.07) is 0. The average Bonchev–Trinajstić information content (AvgIpc) is 2.59. The molecular weight excluding hydrogens is 156 g/mol. The first-order chi connectivity index (χ1) is 6.36. The summed E-state index contributed by atoms with van der Waals surface area (Å²) in [6.07, 6.45) is 15.9. The van der Waals surface area contributed by atoms with Crippen LogP contribution in [0.15, 0.2) is 17.7 Å². The Morgan fingerprint density at radius 1 is 1.23 bits per heavy atom. The smallest absolute Gasteiger partial charge is 0.00268 e. The molecule has 1 aliphatic rings. The van der Waals surface area contributed by atoms with Crippen molar-refractivity contribution in [2.75, 3.05) is 0 Å². The SMILES string of the molecule is CCCCC1=CC(CCCC)[C]=C1. The van der Waals surface area contributed by atoms with E-state index in [2.05, 4.69) is 32.1 Å². The molecule has 1 rings (SSSR count). The van der Waals surface area contributed by atoms with Crippen LogP contribution in [0.5, 0.6) is 0 Å². The van der Waals surface area contributed by atoms with E-state index in [9.17, 15) is 0 Å². The highest BCUT2D eigenvalue weighted by molar-refractivity contribution is 5.25. The molecular formula is C13H21. The number of unbranched alkanes of at least 4 members (excludes halogenated alkanes) is 2. The van der Waals surface area contributed by atoms with Gasteiger partial charge in [-0.25, -0.2) is 0 Å². The van der Waals surface area contributed by atoms with Crippen molar-refractivity contribution in [3.8, 4) is 0 Å². The lowest BCUT2D eigenvalue weighted by Gasteiger charge is -2.02. The maximum absolute atomic E-state index is 3.43. The van der Waals surface area contributed by atoms with Gasteiger partial charge in [-0.05, 0) is 25.3 Å². The zero-order chi connectivity index (χ0) is 9.52. The molecule has 0 amide bonds. The third kappa shape index (κ3) is 3.80. The topological polar surface area (TPSA) is 0 Å². The Morgan fingerprint density at radius 2 is 2.00 bits per heavy atom. The fourth-order valence-corrected chi connectivity index (χ4v) is 1.70. The summed E-state index contributed by atoms with van der Waals surface area (Å²) in [5, 5.41) is 0. The van der Waals surface area contributed by atoms with Crippen LogP contribution < -0.4 is 0 Å². The highest BCUT2D eigenvalue weighted by atomic mass is 14.1. The molecule has 0 aromatic rings. The summed E-state index contributed by atoms with van der Waals surface area (Å²) < 4.78 is 0. The molecule has 73 valence electrons. The van der Waals surface area contributed by atoms with Crippen LogP contribution in [0.4, 0.5) is 0 Å². The van der Waals surface area contributed by atoms with Crippen LogP contribution in [0.2, 0.25) is 0 Å². The highest BCUT2D eigenvalue weighted by Gasteiger charge is 2.08. The minimum absolute atomic E-state index is 0.631. The minimum atomic E-state index is 0.631. The van der Waals surface area contributed by atoms with Gasteiger partial charge in [0, 0.05) is 5.92 Å². The van der Waals surface area contributed by atoms with Gasteiger partial charge < -0.3 is 0 Å². The average molecular weight is 177 g/mol. The normalized spacial score (nSPS) is 20.8. The second kappa shape index (κ2) is 6.01. The minimum Gasteiger partial charge on any atom is -0.0738 e. The van der Waals surface area contributed by atoms with E-state index in [0.717, 1.165) is 0 Å². The van der Waals surface area contributed by atoms with E-state index in [1.54, 1.807) is 0 Å². The van der Waals surface area contributed by atoms with Crippen LogP contribution in [0, 0.1) is 12.0 Å². The molecule has 0 heteroatoms. The molecule has 0 aliphatic heterocycles. The summed E-state index contributed by atoms with van der Waals surface area (Å²) in [6.45, 7) is 4.50. The van der Waals surface area contributed by atoms with E-state index < -0.39 is 0 Å². The first kappa shape index (κ1) is 10.6. The molecule has 0 N–H and O–H groups in total. The van der Waals surface area contributed by atoms with Gasteiger partial charge in [-0.15, -0.1) is 0 Å². The Hall–Kier alpha value is -0.520. The van der Waals surface area contributed by atoms with Gasteiger partial charge in [0.15, 0.2) is 0 Å². The molecule has 0 nitrogen and oxygen atoms in total. The van der Waals surface area contributed by atoms with Gasteiger partial charge in [0.2, 0.25) is 0 Å². The lowest BCUT2D eigenvalue weighted by Crippen LogP contribution is -1.88. The third-order valence-corrected chi connectivity index (χ3v) is 2.59. The van der Waals surface area contributed by atoms with Crippen LogP contribution in [-0.4, -0.2) is 0 Å². The largest absolute Gasteiger partial charge is 0.0738 e. The summed E-state index contributed by atoms with van der Waals surface area (Å²) in [5.74, 6) is 0.631. The Balaban J connectivity index is 2.24. The standard InChI is InChI=1S/C13H21/c1-3-5-7-12-9-10-13(11-12)8-6-4-2/h9,11,13H,3-8H2,1-2H3. The zero-order valence-corrected chi connectivity index (χ0v) is 8.97. The molecule has 1 radical (unpaired) electrons. The molecule has 1 unspecified atom stereocenters. The molecule has 0 spiro atoms. The maximum Gasteiger partial charge on any atom is 0.00268 e. The van der Waals surface area contributed by atoms with Crippen molar-refractivity contribution in [1.29, 1.82) is 0 Å². The van der Waals surface area contributed by atoms with Gasteiger partial charge in [0.25, 0.3) is 0 Å². The fourth-order valence-electron chi connectivity index (χ4n) is 1.70. The number of hydrogen-bond acceptors (Lipinski definition) is 0. The molecule has 0 saturated carbocycles. The molecule has 0 saturated heterocycles. The first-order valence-corrected chi connectivity index (χ1v) is 5.66. The van der Waals surface area contributed by atoms with Gasteiger partial charge in [0.05, 0.1) is 0 Å². The predicted octanol–water partition coefficient (Wildman–Crippen LogP) is 4.28. The number of rotatable bonds is 6. The van der Waals surface area contributed by atoms with Gasteiger partial charge in [-0.3, -0.25) is 0 Å². The van der Waals surface area contributed by atoms with Crippen LogP contribution >= 0.6 is 0 Å². The van der Waals surface area contributed by atoms with Crippen molar-refractivity contribution in [3.05, 3.63) is 23.8 Å². The molecule has 1 aliphatic carbocycles. The lowest BCUT2D eigenvalue weighted by molar-refractivity contribution is 0.635. The lowest BCUT2D eigenvalue weighted by atomic mass is 10.0. The van der Waals surface area contributed by atoms with Crippen molar-refractivity contribution in [2.45, 2.75) is 52.4 Å². The van der Waals surface area contributed by atoms with Crippen LogP contribution in [0.25, 0.3) is 0 Å². The van der Waals surface area contributed by atoms with Gasteiger partial charge in [-0.1, -0.05) is 50.8 Å². The summed E-state index contributed by atoms with van der Waals surface area (Å²) >= 11 is 0. The molecule has 0 bridgehead atoms. The van der Waals surface area contributed by atoms with E-state index in [1.165, 1.54) is 44.1 Å². The van der Waals surface area contributed by atoms with Gasteiger partial charge in [-0.2, -0.15) is 0 Å². The van der Waals surface area contributed by atoms with Crippen molar-refractivity contribution >= 4 is 0 Å². The van der Waals surface area contributed by atoms with E-state index in [1.807, 2.05) is 0 Å². The maximum atomic E-state index is 3.43. The molecule has 0 aromatic carbocycles. The first-order valence-electron chi connectivity index (χ1n) is 5.66. The zero-order valence-electron chi connectivity index (χ0n) is 8.97. The molecule has 0 fully saturated rings. The molecule has 1 atom stereocenters. The van der Waals surface area contributed by atoms with E-state index >= 15 is 0 Å². The summed E-state index contributed by atoms with van der Waals surface area (Å²) in [4.78, 5) is 0. The Bertz CT molecular complexity index is 186. The molecule has 0 aromatic heterocycles. The van der Waals surface area contributed by atoms with Crippen LogP contribution in [-0.2, 0) is 0 Å². The van der Waals surface area contributed by atoms with Crippen LogP contribution in [0.3, 0.4) is 0 Å². The van der Waals surface area contributed by atoms with Crippen LogP contribution in [0.1, 0.15) is 52.4 Å². The second-order valence-electron chi connectivity index (χ2n) is 3.90. The number of hydrogen-bond donors (Lipinski definition) is 0. The fraction of sp³-hybridized carbons (Fsp3) is 0.692. The Morgan fingerprint density at radius 3 is 2.69 bits per heavy atom. The Kier molecular flexibility index (Phi) is 4.88. The molecule has 0 heterocycles. The van der Waals surface area contributed by atoms with Gasteiger partial charge >= 0.3 is 0 Å². The van der Waals surface area contributed by atoms with E-state index in [0.29, 0.717) is 5.92 Å². The molecule has 13 heavy (non-hydrogen) atoms. The number of allylic oxidation sites excluding steroid dienone is 4.